The minimum atomic E-state index is 0.341. The lowest BCUT2D eigenvalue weighted by Crippen LogP contribution is -2.28. The van der Waals surface area contributed by atoms with Gasteiger partial charge in [0.1, 0.15) is 11.9 Å². The SMILES string of the molecule is CCNc1cccc(OC2CCCCC2C)n1. The average Bonchev–Trinajstić information content (AvgIpc) is 2.33. The molecule has 0 amide bonds. The molecule has 3 heteroatoms. The van der Waals surface area contributed by atoms with Gasteiger partial charge >= 0.3 is 0 Å². The van der Waals surface area contributed by atoms with Crippen LogP contribution in [0.1, 0.15) is 39.5 Å². The Kier molecular flexibility index (Phi) is 4.24. The number of anilines is 1. The molecule has 94 valence electrons. The molecular weight excluding hydrogens is 212 g/mol. The van der Waals surface area contributed by atoms with Gasteiger partial charge in [-0.1, -0.05) is 19.4 Å². The molecule has 17 heavy (non-hydrogen) atoms. The molecule has 2 unspecified atom stereocenters. The van der Waals surface area contributed by atoms with Crippen molar-refractivity contribution in [3.05, 3.63) is 18.2 Å². The highest BCUT2D eigenvalue weighted by Gasteiger charge is 2.23. The standard InChI is InChI=1S/C14H22N2O/c1-3-15-13-9-6-10-14(16-13)17-12-8-5-4-7-11(12)2/h6,9-12H,3-5,7-8H2,1-2H3,(H,15,16). The summed E-state index contributed by atoms with van der Waals surface area (Å²) in [4.78, 5) is 4.46. The Morgan fingerprint density at radius 3 is 2.94 bits per heavy atom. The van der Waals surface area contributed by atoms with Crippen molar-refractivity contribution in [3.63, 3.8) is 0 Å². The number of rotatable bonds is 4. The van der Waals surface area contributed by atoms with Crippen molar-refractivity contribution in [2.75, 3.05) is 11.9 Å². The van der Waals surface area contributed by atoms with Crippen LogP contribution in [0.3, 0.4) is 0 Å². The van der Waals surface area contributed by atoms with Crippen LogP contribution in [0.5, 0.6) is 5.88 Å². The van der Waals surface area contributed by atoms with Crippen LogP contribution >= 0.6 is 0 Å². The van der Waals surface area contributed by atoms with Crippen LogP contribution in [-0.4, -0.2) is 17.6 Å². The van der Waals surface area contributed by atoms with Crippen molar-refractivity contribution in [1.82, 2.24) is 4.98 Å². The molecule has 2 rings (SSSR count). The summed E-state index contributed by atoms with van der Waals surface area (Å²) in [5.41, 5.74) is 0. The Balaban J connectivity index is 1.99. The van der Waals surface area contributed by atoms with Gasteiger partial charge in [0.15, 0.2) is 0 Å². The van der Waals surface area contributed by atoms with Crippen LogP contribution in [0.2, 0.25) is 0 Å². The number of nitrogens with zero attached hydrogens (tertiary/aromatic N) is 1. The molecule has 1 heterocycles. The van der Waals surface area contributed by atoms with E-state index in [0.717, 1.165) is 24.7 Å². The summed E-state index contributed by atoms with van der Waals surface area (Å²) in [6.45, 7) is 5.23. The van der Waals surface area contributed by atoms with Crippen molar-refractivity contribution in [3.8, 4) is 5.88 Å². The topological polar surface area (TPSA) is 34.1 Å². The number of ether oxygens (including phenoxy) is 1. The van der Waals surface area contributed by atoms with E-state index in [9.17, 15) is 0 Å². The maximum absolute atomic E-state index is 6.00. The van der Waals surface area contributed by atoms with Gasteiger partial charge in [0.25, 0.3) is 0 Å². The highest BCUT2D eigenvalue weighted by Crippen LogP contribution is 2.27. The monoisotopic (exact) mass is 234 g/mol. The van der Waals surface area contributed by atoms with Crippen LogP contribution in [0.25, 0.3) is 0 Å². The normalized spacial score (nSPS) is 24.4. The molecule has 1 aromatic heterocycles. The predicted octanol–water partition coefficient (Wildman–Crippen LogP) is 3.47. The smallest absolute Gasteiger partial charge is 0.215 e. The van der Waals surface area contributed by atoms with Crippen molar-refractivity contribution in [1.29, 1.82) is 0 Å². The van der Waals surface area contributed by atoms with Gasteiger partial charge in [-0.3, -0.25) is 0 Å². The molecule has 3 nitrogen and oxygen atoms in total. The number of aromatic nitrogens is 1. The van der Waals surface area contributed by atoms with Gasteiger partial charge in [0, 0.05) is 12.6 Å². The fourth-order valence-corrected chi connectivity index (χ4v) is 2.37. The highest BCUT2D eigenvalue weighted by molar-refractivity contribution is 5.36. The molecule has 0 spiro atoms. The van der Waals surface area contributed by atoms with E-state index in [0.29, 0.717) is 12.0 Å². The summed E-state index contributed by atoms with van der Waals surface area (Å²) < 4.78 is 6.00. The van der Waals surface area contributed by atoms with Crippen molar-refractivity contribution in [2.24, 2.45) is 5.92 Å². The molecule has 0 aromatic carbocycles. The summed E-state index contributed by atoms with van der Waals surface area (Å²) in [5.74, 6) is 2.30. The fourth-order valence-electron chi connectivity index (χ4n) is 2.37. The molecule has 0 saturated heterocycles. The van der Waals surface area contributed by atoms with E-state index in [-0.39, 0.29) is 0 Å². The molecule has 0 aliphatic heterocycles. The Labute approximate surface area is 104 Å². The van der Waals surface area contributed by atoms with Gasteiger partial charge in [-0.05, 0) is 38.2 Å². The maximum atomic E-state index is 6.00. The number of hydrogen-bond acceptors (Lipinski definition) is 3. The first-order valence-electron chi connectivity index (χ1n) is 6.67. The summed E-state index contributed by atoms with van der Waals surface area (Å²) in [6.07, 6.45) is 5.40. The van der Waals surface area contributed by atoms with Gasteiger partial charge in [0.2, 0.25) is 5.88 Å². The first kappa shape index (κ1) is 12.2. The minimum Gasteiger partial charge on any atom is -0.474 e. The lowest BCUT2D eigenvalue weighted by atomic mass is 9.88. The minimum absolute atomic E-state index is 0.341. The van der Waals surface area contributed by atoms with E-state index in [1.54, 1.807) is 0 Å². The summed E-state index contributed by atoms with van der Waals surface area (Å²) in [6, 6.07) is 5.91. The third-order valence-electron chi connectivity index (χ3n) is 3.39. The van der Waals surface area contributed by atoms with Gasteiger partial charge in [0.05, 0.1) is 0 Å². The third kappa shape index (κ3) is 3.35. The van der Waals surface area contributed by atoms with Crippen LogP contribution < -0.4 is 10.1 Å². The number of pyridine rings is 1. The van der Waals surface area contributed by atoms with Gasteiger partial charge in [-0.2, -0.15) is 4.98 Å². The van der Waals surface area contributed by atoms with Crippen LogP contribution in [0, 0.1) is 5.92 Å². The van der Waals surface area contributed by atoms with Crippen LogP contribution in [0.15, 0.2) is 18.2 Å². The molecular formula is C14H22N2O. The van der Waals surface area contributed by atoms with Crippen molar-refractivity contribution in [2.45, 2.75) is 45.6 Å². The quantitative estimate of drug-likeness (QED) is 0.866. The highest BCUT2D eigenvalue weighted by atomic mass is 16.5. The number of hydrogen-bond donors (Lipinski definition) is 1. The van der Waals surface area contributed by atoms with Gasteiger partial charge in [-0.25, -0.2) is 0 Å². The van der Waals surface area contributed by atoms with E-state index in [4.69, 9.17) is 4.74 Å². The third-order valence-corrected chi connectivity index (χ3v) is 3.39. The van der Waals surface area contributed by atoms with Crippen LogP contribution in [0.4, 0.5) is 5.82 Å². The van der Waals surface area contributed by atoms with E-state index >= 15 is 0 Å². The second-order valence-corrected chi connectivity index (χ2v) is 4.81. The molecule has 1 aliphatic rings. The predicted molar refractivity (Wildman–Crippen MR) is 70.4 cm³/mol. The second-order valence-electron chi connectivity index (χ2n) is 4.81. The first-order valence-corrected chi connectivity index (χ1v) is 6.67. The second kappa shape index (κ2) is 5.89. The maximum Gasteiger partial charge on any atom is 0.215 e. The molecule has 1 N–H and O–H groups in total. The Hall–Kier alpha value is -1.25. The Morgan fingerprint density at radius 2 is 2.18 bits per heavy atom. The lowest BCUT2D eigenvalue weighted by Gasteiger charge is -2.28. The fraction of sp³-hybridized carbons (Fsp3) is 0.643. The molecule has 2 atom stereocenters. The summed E-state index contributed by atoms with van der Waals surface area (Å²) in [5, 5.41) is 3.21. The molecule has 1 saturated carbocycles. The zero-order valence-electron chi connectivity index (χ0n) is 10.8. The largest absolute Gasteiger partial charge is 0.474 e. The Bertz CT molecular complexity index is 354. The Morgan fingerprint density at radius 1 is 1.35 bits per heavy atom. The van der Waals surface area contributed by atoms with E-state index in [1.807, 2.05) is 18.2 Å². The zero-order chi connectivity index (χ0) is 12.1. The molecule has 0 radical (unpaired) electrons. The van der Waals surface area contributed by atoms with Crippen molar-refractivity contribution < 1.29 is 4.74 Å². The van der Waals surface area contributed by atoms with Crippen LogP contribution in [-0.2, 0) is 0 Å². The summed E-state index contributed by atoms with van der Waals surface area (Å²) in [7, 11) is 0. The molecule has 0 bridgehead atoms. The molecule has 1 fully saturated rings. The van der Waals surface area contributed by atoms with Gasteiger partial charge < -0.3 is 10.1 Å². The van der Waals surface area contributed by atoms with E-state index < -0.39 is 0 Å². The average molecular weight is 234 g/mol. The molecule has 1 aliphatic carbocycles. The summed E-state index contributed by atoms with van der Waals surface area (Å²) >= 11 is 0. The lowest BCUT2D eigenvalue weighted by molar-refractivity contribution is 0.0977. The van der Waals surface area contributed by atoms with Crippen molar-refractivity contribution >= 4 is 5.82 Å². The zero-order valence-corrected chi connectivity index (χ0v) is 10.8. The molecule has 1 aromatic rings. The first-order chi connectivity index (χ1) is 8.29. The van der Waals surface area contributed by atoms with E-state index in [2.05, 4.69) is 24.1 Å². The van der Waals surface area contributed by atoms with Gasteiger partial charge in [-0.15, -0.1) is 0 Å². The van der Waals surface area contributed by atoms with E-state index in [1.165, 1.54) is 19.3 Å². The number of nitrogens with one attached hydrogen (secondary N) is 1.